The summed E-state index contributed by atoms with van der Waals surface area (Å²) in [4.78, 5) is 14.4. The van der Waals surface area contributed by atoms with Crippen LogP contribution >= 0.6 is 12.4 Å². The van der Waals surface area contributed by atoms with E-state index in [0.29, 0.717) is 17.2 Å². The molecule has 1 fully saturated rings. The van der Waals surface area contributed by atoms with E-state index in [1.54, 1.807) is 6.07 Å². The molecule has 1 amide bonds. The number of nitrogens with two attached hydrogens (primary N) is 1. The van der Waals surface area contributed by atoms with Gasteiger partial charge in [-0.05, 0) is 43.4 Å². The molecule has 1 atom stereocenters. The molecule has 106 valence electrons. The van der Waals surface area contributed by atoms with E-state index < -0.39 is 0 Å². The van der Waals surface area contributed by atoms with E-state index in [9.17, 15) is 4.79 Å². The lowest BCUT2D eigenvalue weighted by Crippen LogP contribution is -2.39. The first-order valence-corrected chi connectivity index (χ1v) is 6.85. The highest BCUT2D eigenvalue weighted by Crippen LogP contribution is 2.22. The third-order valence-corrected chi connectivity index (χ3v) is 3.64. The first-order chi connectivity index (χ1) is 8.70. The van der Waals surface area contributed by atoms with Gasteiger partial charge < -0.3 is 10.6 Å². The zero-order valence-corrected chi connectivity index (χ0v) is 12.3. The molecule has 0 aliphatic carbocycles. The number of piperidine rings is 1. The Kier molecular flexibility index (Phi) is 6.16. The van der Waals surface area contributed by atoms with Crippen LogP contribution in [0.25, 0.3) is 0 Å². The molecule has 0 bridgehead atoms. The van der Waals surface area contributed by atoms with Gasteiger partial charge in [0.15, 0.2) is 0 Å². The van der Waals surface area contributed by atoms with Crippen molar-refractivity contribution in [2.45, 2.75) is 32.6 Å². The molecule has 1 aliphatic heterocycles. The second kappa shape index (κ2) is 7.39. The molecule has 1 aromatic rings. The predicted octanol–water partition coefficient (Wildman–Crippen LogP) is 3.34. The van der Waals surface area contributed by atoms with Gasteiger partial charge in [0, 0.05) is 24.3 Å². The van der Waals surface area contributed by atoms with Crippen LogP contribution in [-0.2, 0) is 0 Å². The van der Waals surface area contributed by atoms with E-state index in [-0.39, 0.29) is 18.3 Å². The first-order valence-electron chi connectivity index (χ1n) is 6.85. The number of nitrogens with zero attached hydrogens (tertiary/aromatic N) is 1. The molecule has 3 nitrogen and oxygen atoms in total. The third kappa shape index (κ3) is 4.13. The molecule has 1 heterocycles. The summed E-state index contributed by atoms with van der Waals surface area (Å²) in [6.07, 6.45) is 4.80. The van der Waals surface area contributed by atoms with E-state index in [1.807, 2.05) is 23.1 Å². The molecular weight excluding hydrogens is 260 g/mol. The third-order valence-electron chi connectivity index (χ3n) is 3.64. The van der Waals surface area contributed by atoms with Crippen molar-refractivity contribution in [1.29, 1.82) is 0 Å². The minimum absolute atomic E-state index is 0. The quantitative estimate of drug-likeness (QED) is 0.864. The Hall–Kier alpha value is -1.22. The fourth-order valence-electron chi connectivity index (χ4n) is 2.75. The van der Waals surface area contributed by atoms with Crippen molar-refractivity contribution in [3.05, 3.63) is 29.8 Å². The molecular formula is C15H23ClN2O. The van der Waals surface area contributed by atoms with Crippen molar-refractivity contribution in [2.24, 2.45) is 5.92 Å². The summed E-state index contributed by atoms with van der Waals surface area (Å²) in [6, 6.07) is 7.27. The fourth-order valence-corrected chi connectivity index (χ4v) is 2.75. The summed E-state index contributed by atoms with van der Waals surface area (Å²) >= 11 is 0. The Morgan fingerprint density at radius 2 is 2.26 bits per heavy atom. The largest absolute Gasteiger partial charge is 0.399 e. The highest BCUT2D eigenvalue weighted by Gasteiger charge is 2.23. The van der Waals surface area contributed by atoms with Gasteiger partial charge in [-0.3, -0.25) is 4.79 Å². The van der Waals surface area contributed by atoms with Crippen molar-refractivity contribution < 1.29 is 4.79 Å². The van der Waals surface area contributed by atoms with Crippen molar-refractivity contribution in [3.8, 4) is 0 Å². The number of anilines is 1. The van der Waals surface area contributed by atoms with Crippen LogP contribution in [0.4, 0.5) is 5.69 Å². The molecule has 1 saturated heterocycles. The summed E-state index contributed by atoms with van der Waals surface area (Å²) in [5.74, 6) is 0.803. The minimum Gasteiger partial charge on any atom is -0.399 e. The van der Waals surface area contributed by atoms with Crippen LogP contribution in [0.1, 0.15) is 43.0 Å². The van der Waals surface area contributed by atoms with E-state index in [2.05, 4.69) is 6.92 Å². The molecule has 2 N–H and O–H groups in total. The zero-order chi connectivity index (χ0) is 13.0. The van der Waals surface area contributed by atoms with Crippen LogP contribution in [0.15, 0.2) is 24.3 Å². The molecule has 2 rings (SSSR count). The van der Waals surface area contributed by atoms with E-state index in [0.717, 1.165) is 19.5 Å². The average Bonchev–Trinajstić information content (AvgIpc) is 2.39. The Morgan fingerprint density at radius 3 is 2.95 bits per heavy atom. The van der Waals surface area contributed by atoms with E-state index in [1.165, 1.54) is 19.3 Å². The second-order valence-corrected chi connectivity index (χ2v) is 5.17. The molecule has 0 saturated carbocycles. The summed E-state index contributed by atoms with van der Waals surface area (Å²) < 4.78 is 0. The number of rotatable bonds is 3. The van der Waals surface area contributed by atoms with Crippen molar-refractivity contribution in [2.75, 3.05) is 18.8 Å². The number of carbonyl (C=O) groups is 1. The average molecular weight is 283 g/mol. The fraction of sp³-hybridized carbons (Fsp3) is 0.533. The summed E-state index contributed by atoms with van der Waals surface area (Å²) in [6.45, 7) is 3.99. The Labute approximate surface area is 121 Å². The van der Waals surface area contributed by atoms with Crippen molar-refractivity contribution in [3.63, 3.8) is 0 Å². The maximum Gasteiger partial charge on any atom is 0.253 e. The number of hydrogen-bond donors (Lipinski definition) is 1. The van der Waals surface area contributed by atoms with Gasteiger partial charge in [-0.25, -0.2) is 0 Å². The van der Waals surface area contributed by atoms with Crippen LogP contribution in [0.3, 0.4) is 0 Å². The summed E-state index contributed by atoms with van der Waals surface area (Å²) in [5, 5.41) is 0. The van der Waals surface area contributed by atoms with E-state index in [4.69, 9.17) is 5.73 Å². The minimum atomic E-state index is 0. The van der Waals surface area contributed by atoms with Gasteiger partial charge in [-0.2, -0.15) is 0 Å². The Bertz CT molecular complexity index is 420. The predicted molar refractivity (Wildman–Crippen MR) is 81.6 cm³/mol. The van der Waals surface area contributed by atoms with Crippen LogP contribution in [0.5, 0.6) is 0 Å². The van der Waals surface area contributed by atoms with E-state index >= 15 is 0 Å². The van der Waals surface area contributed by atoms with Crippen LogP contribution in [0.2, 0.25) is 0 Å². The highest BCUT2D eigenvalue weighted by molar-refractivity contribution is 5.95. The zero-order valence-electron chi connectivity index (χ0n) is 11.5. The maximum atomic E-state index is 12.4. The van der Waals surface area contributed by atoms with Crippen LogP contribution in [0, 0.1) is 5.92 Å². The van der Waals surface area contributed by atoms with Gasteiger partial charge in [-0.15, -0.1) is 12.4 Å². The first kappa shape index (κ1) is 15.8. The summed E-state index contributed by atoms with van der Waals surface area (Å²) in [5.41, 5.74) is 7.10. The lowest BCUT2D eigenvalue weighted by molar-refractivity contribution is 0.0667. The van der Waals surface area contributed by atoms with Gasteiger partial charge in [0.1, 0.15) is 0 Å². The van der Waals surface area contributed by atoms with Crippen LogP contribution < -0.4 is 5.73 Å². The molecule has 19 heavy (non-hydrogen) atoms. The molecule has 0 spiro atoms. The van der Waals surface area contributed by atoms with Crippen molar-refractivity contribution in [1.82, 2.24) is 4.90 Å². The summed E-state index contributed by atoms with van der Waals surface area (Å²) in [7, 11) is 0. The molecule has 1 aromatic carbocycles. The molecule has 1 aliphatic rings. The van der Waals surface area contributed by atoms with Gasteiger partial charge in [0.2, 0.25) is 0 Å². The second-order valence-electron chi connectivity index (χ2n) is 5.17. The lowest BCUT2D eigenvalue weighted by Gasteiger charge is -2.32. The number of carbonyl (C=O) groups excluding carboxylic acids is 1. The van der Waals surface area contributed by atoms with Crippen molar-refractivity contribution >= 4 is 24.0 Å². The molecule has 4 heteroatoms. The maximum absolute atomic E-state index is 12.4. The highest BCUT2D eigenvalue weighted by atomic mass is 35.5. The molecule has 0 radical (unpaired) electrons. The molecule has 0 aromatic heterocycles. The topological polar surface area (TPSA) is 46.3 Å². The van der Waals surface area contributed by atoms with Crippen LogP contribution in [-0.4, -0.2) is 23.9 Å². The Morgan fingerprint density at radius 1 is 1.47 bits per heavy atom. The number of amides is 1. The van der Waals surface area contributed by atoms with Gasteiger partial charge in [-0.1, -0.05) is 19.4 Å². The van der Waals surface area contributed by atoms with Gasteiger partial charge in [0.05, 0.1) is 0 Å². The number of likely N-dealkylation sites (tertiary alicyclic amines) is 1. The number of benzene rings is 1. The van der Waals surface area contributed by atoms with Gasteiger partial charge >= 0.3 is 0 Å². The SMILES string of the molecule is CCCC1CCCN(C(=O)c2cccc(N)c2)C1.Cl. The number of nitrogen functional groups attached to an aromatic ring is 1. The normalized spacial score (nSPS) is 18.8. The standard InChI is InChI=1S/C15H22N2O.ClH/c1-2-5-12-6-4-9-17(11-12)15(18)13-7-3-8-14(16)10-13;/h3,7-8,10,12H,2,4-6,9,11,16H2,1H3;1H. The lowest BCUT2D eigenvalue weighted by atomic mass is 9.93. The smallest absolute Gasteiger partial charge is 0.253 e. The number of hydrogen-bond acceptors (Lipinski definition) is 2. The molecule has 1 unspecified atom stereocenters. The monoisotopic (exact) mass is 282 g/mol. The Balaban J connectivity index is 0.00000180. The number of halogens is 1. The van der Waals surface area contributed by atoms with Gasteiger partial charge in [0.25, 0.3) is 5.91 Å².